The minimum absolute atomic E-state index is 0.0929. The van der Waals surface area contributed by atoms with E-state index in [2.05, 4.69) is 47.7 Å². The number of halogens is 3. The smallest absolute Gasteiger partial charge is 0.343 e. The Hall–Kier alpha value is -3.37. The second kappa shape index (κ2) is 11.7. The maximum Gasteiger partial charge on any atom is 0.343 e. The first-order valence-electron chi connectivity index (χ1n) is 9.86. The number of amides is 2. The van der Waals surface area contributed by atoms with E-state index < -0.39 is 23.6 Å². The van der Waals surface area contributed by atoms with E-state index in [4.69, 9.17) is 4.74 Å². The molecule has 7 nitrogen and oxygen atoms in total. The van der Waals surface area contributed by atoms with E-state index in [1.807, 2.05) is 13.0 Å². The molecule has 0 saturated carbocycles. The van der Waals surface area contributed by atoms with Crippen LogP contribution < -0.4 is 15.5 Å². The third kappa shape index (κ3) is 7.06. The molecule has 10 heteroatoms. The molecule has 0 bridgehead atoms. The van der Waals surface area contributed by atoms with Crippen molar-refractivity contribution in [2.75, 3.05) is 6.54 Å². The topological polar surface area (TPSA) is 96.9 Å². The minimum Gasteiger partial charge on any atom is -0.421 e. The number of hydrogen-bond acceptors (Lipinski definition) is 5. The van der Waals surface area contributed by atoms with Crippen molar-refractivity contribution in [3.05, 3.63) is 97.7 Å². The predicted octanol–water partition coefficient (Wildman–Crippen LogP) is 4.76. The minimum atomic E-state index is -0.603. The predicted molar refractivity (Wildman–Crippen MR) is 132 cm³/mol. The number of rotatable bonds is 7. The quantitative estimate of drug-likeness (QED) is 0.179. The zero-order valence-corrected chi connectivity index (χ0v) is 20.9. The molecule has 0 aliphatic heterocycles. The maximum absolute atomic E-state index is 13.2. The number of nitrogens with zero attached hydrogens (tertiary/aromatic N) is 1. The number of hydrazone groups is 1. The van der Waals surface area contributed by atoms with E-state index in [9.17, 15) is 18.8 Å². The number of benzene rings is 3. The van der Waals surface area contributed by atoms with Gasteiger partial charge in [0.05, 0.1) is 22.8 Å². The van der Waals surface area contributed by atoms with Crippen molar-refractivity contribution in [3.63, 3.8) is 0 Å². The first-order valence-corrected chi connectivity index (χ1v) is 11.4. The van der Waals surface area contributed by atoms with Crippen molar-refractivity contribution < 1.29 is 23.5 Å². The number of nitrogens with one attached hydrogen (secondary N) is 2. The molecule has 34 heavy (non-hydrogen) atoms. The van der Waals surface area contributed by atoms with E-state index in [1.54, 1.807) is 30.3 Å². The average molecular weight is 591 g/mol. The molecule has 0 atom stereocenters. The molecule has 3 rings (SSSR count). The van der Waals surface area contributed by atoms with Crippen molar-refractivity contribution >= 4 is 55.9 Å². The zero-order valence-electron chi connectivity index (χ0n) is 17.8. The normalized spacial score (nSPS) is 10.7. The monoisotopic (exact) mass is 589 g/mol. The van der Waals surface area contributed by atoms with Crippen molar-refractivity contribution in [3.8, 4) is 5.75 Å². The van der Waals surface area contributed by atoms with Crippen LogP contribution in [0.2, 0.25) is 0 Å². The van der Waals surface area contributed by atoms with Crippen LogP contribution in [-0.2, 0) is 4.79 Å². The summed E-state index contributed by atoms with van der Waals surface area (Å²) < 4.78 is 20.0. The first kappa shape index (κ1) is 25.3. The van der Waals surface area contributed by atoms with Gasteiger partial charge in [-0.3, -0.25) is 9.59 Å². The Morgan fingerprint density at radius 3 is 2.50 bits per heavy atom. The second-order valence-electron chi connectivity index (χ2n) is 7.05. The highest BCUT2D eigenvalue weighted by molar-refractivity contribution is 9.11. The lowest BCUT2D eigenvalue weighted by Crippen LogP contribution is -2.34. The fourth-order valence-electron chi connectivity index (χ4n) is 2.81. The second-order valence-corrected chi connectivity index (χ2v) is 8.82. The van der Waals surface area contributed by atoms with Crippen LogP contribution in [0.15, 0.2) is 74.7 Å². The van der Waals surface area contributed by atoms with Gasteiger partial charge in [-0.25, -0.2) is 14.6 Å². The van der Waals surface area contributed by atoms with E-state index in [1.165, 1.54) is 24.4 Å². The lowest BCUT2D eigenvalue weighted by atomic mass is 10.1. The van der Waals surface area contributed by atoms with E-state index in [0.29, 0.717) is 20.1 Å². The van der Waals surface area contributed by atoms with Crippen LogP contribution >= 0.6 is 31.9 Å². The summed E-state index contributed by atoms with van der Waals surface area (Å²) in [7, 11) is 0. The summed E-state index contributed by atoms with van der Waals surface area (Å²) in [6.07, 6.45) is 1.31. The summed E-state index contributed by atoms with van der Waals surface area (Å²) in [5.41, 5.74) is 4.08. The molecule has 0 aliphatic carbocycles. The number of esters is 1. The molecule has 174 valence electrons. The van der Waals surface area contributed by atoms with Crippen LogP contribution in [0.5, 0.6) is 5.75 Å². The highest BCUT2D eigenvalue weighted by Crippen LogP contribution is 2.32. The van der Waals surface area contributed by atoms with Gasteiger partial charge in [-0.2, -0.15) is 5.10 Å². The molecule has 0 saturated heterocycles. The number of aryl methyl sites for hydroxylation is 1. The first-order chi connectivity index (χ1) is 16.2. The molecule has 0 radical (unpaired) electrons. The molecule has 0 aliphatic rings. The molecule has 3 aromatic rings. The van der Waals surface area contributed by atoms with Gasteiger partial charge in [-0.15, -0.1) is 0 Å². The van der Waals surface area contributed by atoms with Crippen LogP contribution in [-0.4, -0.2) is 30.5 Å². The lowest BCUT2D eigenvalue weighted by Gasteiger charge is -2.11. The highest BCUT2D eigenvalue weighted by Gasteiger charge is 2.16. The Morgan fingerprint density at radius 1 is 1.03 bits per heavy atom. The third-order valence-corrected chi connectivity index (χ3v) is 5.42. The van der Waals surface area contributed by atoms with Crippen LogP contribution in [0.1, 0.15) is 31.8 Å². The van der Waals surface area contributed by atoms with Gasteiger partial charge in [-0.1, -0.05) is 39.7 Å². The average Bonchev–Trinajstić information content (AvgIpc) is 2.79. The standard InChI is InChI=1S/C24H18Br2FN3O4/c1-14-4-2-6-16(8-14)24(33)34-22-17(9-18(25)11-20(22)26)12-29-30-21(31)13-28-23(32)15-5-3-7-19(27)10-15/h2-12H,13H2,1H3,(H,28,32)(H,30,31)/b29-12+. The van der Waals surface area contributed by atoms with Crippen LogP contribution in [0.4, 0.5) is 4.39 Å². The SMILES string of the molecule is Cc1cccc(C(=O)Oc2c(Br)cc(Br)cc2/C=N/NC(=O)CNC(=O)c2cccc(F)c2)c1. The van der Waals surface area contributed by atoms with E-state index >= 15 is 0 Å². The van der Waals surface area contributed by atoms with Gasteiger partial charge in [0, 0.05) is 15.6 Å². The lowest BCUT2D eigenvalue weighted by molar-refractivity contribution is -0.120. The summed E-state index contributed by atoms with van der Waals surface area (Å²) in [6.45, 7) is 1.50. The third-order valence-electron chi connectivity index (χ3n) is 4.37. The van der Waals surface area contributed by atoms with Gasteiger partial charge in [0.25, 0.3) is 11.8 Å². The molecule has 3 aromatic carbocycles. The summed E-state index contributed by atoms with van der Waals surface area (Å²) in [5.74, 6) is -2.09. The van der Waals surface area contributed by atoms with Crippen molar-refractivity contribution in [1.29, 1.82) is 0 Å². The summed E-state index contributed by atoms with van der Waals surface area (Å²) in [6, 6.07) is 15.5. The molecule has 0 heterocycles. The van der Waals surface area contributed by atoms with Crippen molar-refractivity contribution in [2.24, 2.45) is 5.10 Å². The van der Waals surface area contributed by atoms with Crippen LogP contribution in [0.3, 0.4) is 0 Å². The molecule has 0 unspecified atom stereocenters. The van der Waals surface area contributed by atoms with Crippen molar-refractivity contribution in [1.82, 2.24) is 10.7 Å². The molecule has 0 fully saturated rings. The number of carbonyl (C=O) groups excluding carboxylic acids is 3. The fraction of sp³-hybridized carbons (Fsp3) is 0.0833. The molecule has 0 aromatic heterocycles. The fourth-order valence-corrected chi connectivity index (χ4v) is 4.15. The molecule has 0 spiro atoms. The Balaban J connectivity index is 1.65. The van der Waals surface area contributed by atoms with Gasteiger partial charge in [0.2, 0.25) is 0 Å². The van der Waals surface area contributed by atoms with Crippen molar-refractivity contribution in [2.45, 2.75) is 6.92 Å². The molecular formula is C24H18Br2FN3O4. The van der Waals surface area contributed by atoms with Crippen LogP contribution in [0, 0.1) is 12.7 Å². The summed E-state index contributed by atoms with van der Waals surface area (Å²) >= 11 is 6.73. The Bertz CT molecular complexity index is 1280. The van der Waals surface area contributed by atoms with Crippen LogP contribution in [0.25, 0.3) is 0 Å². The molecular weight excluding hydrogens is 573 g/mol. The summed E-state index contributed by atoms with van der Waals surface area (Å²) in [5, 5.41) is 6.25. The summed E-state index contributed by atoms with van der Waals surface area (Å²) in [4.78, 5) is 36.6. The Kier molecular flexibility index (Phi) is 8.67. The van der Waals surface area contributed by atoms with Gasteiger partial charge < -0.3 is 10.1 Å². The van der Waals surface area contributed by atoms with Gasteiger partial charge >= 0.3 is 5.97 Å². The number of hydrogen-bond donors (Lipinski definition) is 2. The maximum atomic E-state index is 13.2. The molecule has 2 N–H and O–H groups in total. The van der Waals surface area contributed by atoms with Gasteiger partial charge in [0.1, 0.15) is 5.82 Å². The largest absolute Gasteiger partial charge is 0.421 e. The van der Waals surface area contributed by atoms with E-state index in [0.717, 1.165) is 11.6 Å². The number of ether oxygens (including phenoxy) is 1. The van der Waals surface area contributed by atoms with Gasteiger partial charge in [0.15, 0.2) is 5.75 Å². The Labute approximate surface area is 211 Å². The molecule has 2 amide bonds. The number of carbonyl (C=O) groups is 3. The van der Waals surface area contributed by atoms with Gasteiger partial charge in [-0.05, 0) is 65.3 Å². The zero-order chi connectivity index (χ0) is 24.7. The highest BCUT2D eigenvalue weighted by atomic mass is 79.9. The van der Waals surface area contributed by atoms with E-state index in [-0.39, 0.29) is 17.9 Å². The Morgan fingerprint density at radius 2 is 1.76 bits per heavy atom.